The number of hydrogen-bond donors (Lipinski definition) is 0. The number of pyridine rings is 1. The van der Waals surface area contributed by atoms with Gasteiger partial charge in [0, 0.05) is 31.4 Å². The molecular formula is C21H22FN3O2. The van der Waals surface area contributed by atoms with Gasteiger partial charge in [0.05, 0.1) is 6.61 Å². The first-order valence-electron chi connectivity index (χ1n) is 9.21. The molecule has 1 aliphatic rings. The molecule has 1 fully saturated rings. The zero-order valence-corrected chi connectivity index (χ0v) is 15.3. The molecular weight excluding hydrogens is 345 g/mol. The number of halogens is 1. The Labute approximate surface area is 157 Å². The summed E-state index contributed by atoms with van der Waals surface area (Å²) in [6, 6.07) is 9.93. The van der Waals surface area contributed by atoms with E-state index in [0.29, 0.717) is 24.6 Å². The summed E-state index contributed by atoms with van der Waals surface area (Å²) in [5.41, 5.74) is 2.37. The summed E-state index contributed by atoms with van der Waals surface area (Å²) < 4.78 is 20.6. The Balaban J connectivity index is 1.40. The second-order valence-electron chi connectivity index (χ2n) is 7.12. The van der Waals surface area contributed by atoms with E-state index in [4.69, 9.17) is 4.74 Å². The van der Waals surface area contributed by atoms with Crippen molar-refractivity contribution in [3.63, 3.8) is 0 Å². The summed E-state index contributed by atoms with van der Waals surface area (Å²) in [5, 5.41) is 0. The minimum absolute atomic E-state index is 0.0390. The Morgan fingerprint density at radius 3 is 2.85 bits per heavy atom. The fraction of sp³-hybridized carbons (Fsp3) is 0.333. The Morgan fingerprint density at radius 2 is 2.04 bits per heavy atom. The SMILES string of the molecule is Cc1ccc2nc(C(=O)N3CCCC(COc4ccc(F)cc4)C3)cn2c1. The van der Waals surface area contributed by atoms with Gasteiger partial charge in [0.15, 0.2) is 0 Å². The van der Waals surface area contributed by atoms with Crippen molar-refractivity contribution in [2.45, 2.75) is 19.8 Å². The topological polar surface area (TPSA) is 46.8 Å². The largest absolute Gasteiger partial charge is 0.493 e. The number of rotatable bonds is 4. The third-order valence-electron chi connectivity index (χ3n) is 4.92. The molecule has 1 atom stereocenters. The van der Waals surface area contributed by atoms with Gasteiger partial charge < -0.3 is 14.0 Å². The van der Waals surface area contributed by atoms with Crippen molar-refractivity contribution in [3.05, 3.63) is 65.9 Å². The number of piperidine rings is 1. The van der Waals surface area contributed by atoms with Gasteiger partial charge >= 0.3 is 0 Å². The van der Waals surface area contributed by atoms with Gasteiger partial charge in [-0.25, -0.2) is 9.37 Å². The maximum absolute atomic E-state index is 13.0. The molecule has 1 unspecified atom stereocenters. The van der Waals surface area contributed by atoms with E-state index < -0.39 is 0 Å². The first kappa shape index (κ1) is 17.5. The van der Waals surface area contributed by atoms with Gasteiger partial charge in [-0.05, 0) is 55.7 Å². The number of likely N-dealkylation sites (tertiary alicyclic amines) is 1. The van der Waals surface area contributed by atoms with Crippen molar-refractivity contribution in [1.82, 2.24) is 14.3 Å². The van der Waals surface area contributed by atoms with Gasteiger partial charge in [-0.1, -0.05) is 6.07 Å². The number of carbonyl (C=O) groups excluding carboxylic acids is 1. The van der Waals surface area contributed by atoms with Crippen LogP contribution in [0.4, 0.5) is 4.39 Å². The van der Waals surface area contributed by atoms with Crippen LogP contribution >= 0.6 is 0 Å². The van der Waals surface area contributed by atoms with Gasteiger partial charge in [0.2, 0.25) is 0 Å². The molecule has 0 N–H and O–H groups in total. The summed E-state index contributed by atoms with van der Waals surface area (Å²) >= 11 is 0. The highest BCUT2D eigenvalue weighted by molar-refractivity contribution is 5.93. The molecule has 3 heterocycles. The molecule has 140 valence electrons. The molecule has 1 aliphatic heterocycles. The molecule has 0 bridgehead atoms. The van der Waals surface area contributed by atoms with Gasteiger partial charge in [0.1, 0.15) is 22.9 Å². The Kier molecular flexibility index (Phi) is 4.79. The van der Waals surface area contributed by atoms with Crippen LogP contribution in [0, 0.1) is 18.7 Å². The molecule has 0 spiro atoms. The Morgan fingerprint density at radius 1 is 1.22 bits per heavy atom. The molecule has 1 aromatic carbocycles. The first-order chi connectivity index (χ1) is 13.1. The van der Waals surface area contributed by atoms with Crippen molar-refractivity contribution in [2.75, 3.05) is 19.7 Å². The predicted molar refractivity (Wildman–Crippen MR) is 100 cm³/mol. The van der Waals surface area contributed by atoms with E-state index in [9.17, 15) is 9.18 Å². The van der Waals surface area contributed by atoms with E-state index in [2.05, 4.69) is 4.98 Å². The molecule has 0 saturated carbocycles. The maximum atomic E-state index is 13.0. The molecule has 2 aromatic heterocycles. The number of aromatic nitrogens is 2. The summed E-state index contributed by atoms with van der Waals surface area (Å²) in [6.45, 7) is 3.91. The van der Waals surface area contributed by atoms with Crippen LogP contribution < -0.4 is 4.74 Å². The molecule has 6 heteroatoms. The summed E-state index contributed by atoms with van der Waals surface area (Å²) in [4.78, 5) is 19.2. The van der Waals surface area contributed by atoms with Crippen LogP contribution in [0.2, 0.25) is 0 Å². The number of fused-ring (bicyclic) bond motifs is 1. The van der Waals surface area contributed by atoms with Crippen LogP contribution in [-0.4, -0.2) is 39.9 Å². The number of benzene rings is 1. The van der Waals surface area contributed by atoms with E-state index in [-0.39, 0.29) is 17.6 Å². The molecule has 0 radical (unpaired) electrons. The van der Waals surface area contributed by atoms with Gasteiger partial charge in [0.25, 0.3) is 5.91 Å². The van der Waals surface area contributed by atoms with Crippen LogP contribution in [0.25, 0.3) is 5.65 Å². The lowest BCUT2D eigenvalue weighted by atomic mass is 9.98. The Bertz CT molecular complexity index is 952. The van der Waals surface area contributed by atoms with Crippen LogP contribution in [0.1, 0.15) is 28.9 Å². The van der Waals surface area contributed by atoms with Gasteiger partial charge in [-0.3, -0.25) is 4.79 Å². The van der Waals surface area contributed by atoms with E-state index in [1.807, 2.05) is 34.6 Å². The number of ether oxygens (including phenoxy) is 1. The molecule has 27 heavy (non-hydrogen) atoms. The quantitative estimate of drug-likeness (QED) is 0.706. The highest BCUT2D eigenvalue weighted by Crippen LogP contribution is 2.21. The molecule has 3 aromatic rings. The van der Waals surface area contributed by atoms with Crippen molar-refractivity contribution in [3.8, 4) is 5.75 Å². The highest BCUT2D eigenvalue weighted by Gasteiger charge is 2.26. The first-order valence-corrected chi connectivity index (χ1v) is 9.21. The van der Waals surface area contributed by atoms with Crippen LogP contribution in [0.3, 0.4) is 0 Å². The third-order valence-corrected chi connectivity index (χ3v) is 4.92. The van der Waals surface area contributed by atoms with E-state index in [0.717, 1.165) is 30.6 Å². The predicted octanol–water partition coefficient (Wildman–Crippen LogP) is 3.71. The van der Waals surface area contributed by atoms with Crippen LogP contribution in [0.5, 0.6) is 5.75 Å². The number of aryl methyl sites for hydroxylation is 1. The Hall–Kier alpha value is -2.89. The molecule has 1 saturated heterocycles. The fourth-order valence-electron chi connectivity index (χ4n) is 3.50. The zero-order chi connectivity index (χ0) is 18.8. The lowest BCUT2D eigenvalue weighted by molar-refractivity contribution is 0.0628. The van der Waals surface area contributed by atoms with Gasteiger partial charge in [-0.2, -0.15) is 0 Å². The molecule has 1 amide bonds. The lowest BCUT2D eigenvalue weighted by Gasteiger charge is -2.32. The van der Waals surface area contributed by atoms with Crippen LogP contribution in [-0.2, 0) is 0 Å². The molecule has 4 rings (SSSR count). The van der Waals surface area contributed by atoms with Crippen molar-refractivity contribution in [1.29, 1.82) is 0 Å². The average Bonchev–Trinajstić information content (AvgIpc) is 3.10. The van der Waals surface area contributed by atoms with Gasteiger partial charge in [-0.15, -0.1) is 0 Å². The molecule has 5 nitrogen and oxygen atoms in total. The number of amides is 1. The summed E-state index contributed by atoms with van der Waals surface area (Å²) in [5.74, 6) is 0.588. The normalized spacial score (nSPS) is 17.3. The third kappa shape index (κ3) is 3.94. The van der Waals surface area contributed by atoms with Crippen molar-refractivity contribution >= 4 is 11.6 Å². The summed E-state index contributed by atoms with van der Waals surface area (Å²) in [6.07, 6.45) is 5.71. The number of hydrogen-bond acceptors (Lipinski definition) is 3. The smallest absolute Gasteiger partial charge is 0.274 e. The monoisotopic (exact) mass is 367 g/mol. The second-order valence-corrected chi connectivity index (χ2v) is 7.12. The number of imidazole rings is 1. The fourth-order valence-corrected chi connectivity index (χ4v) is 3.50. The van der Waals surface area contributed by atoms with E-state index in [1.165, 1.54) is 12.1 Å². The summed E-state index contributed by atoms with van der Waals surface area (Å²) in [7, 11) is 0. The van der Waals surface area contributed by atoms with Crippen molar-refractivity contribution < 1.29 is 13.9 Å². The number of carbonyl (C=O) groups is 1. The van der Waals surface area contributed by atoms with E-state index in [1.54, 1.807) is 18.3 Å². The number of nitrogens with zero attached hydrogens (tertiary/aromatic N) is 3. The standard InChI is InChI=1S/C21H22FN3O2/c1-15-4-9-20-23-19(13-25(20)11-15)21(26)24-10-2-3-16(12-24)14-27-18-7-5-17(22)6-8-18/h4-9,11,13,16H,2-3,10,12,14H2,1H3. The highest BCUT2D eigenvalue weighted by atomic mass is 19.1. The lowest BCUT2D eigenvalue weighted by Crippen LogP contribution is -2.41. The van der Waals surface area contributed by atoms with Crippen LogP contribution in [0.15, 0.2) is 48.8 Å². The minimum atomic E-state index is -0.278. The minimum Gasteiger partial charge on any atom is -0.493 e. The average molecular weight is 367 g/mol. The van der Waals surface area contributed by atoms with E-state index >= 15 is 0 Å². The zero-order valence-electron chi connectivity index (χ0n) is 15.3. The maximum Gasteiger partial charge on any atom is 0.274 e. The van der Waals surface area contributed by atoms with Crippen molar-refractivity contribution in [2.24, 2.45) is 5.92 Å². The molecule has 0 aliphatic carbocycles. The second kappa shape index (κ2) is 7.39.